The van der Waals surface area contributed by atoms with Crippen molar-refractivity contribution in [3.63, 3.8) is 0 Å². The quantitative estimate of drug-likeness (QED) is 0.886. The number of hydrogen-bond donors (Lipinski definition) is 2. The zero-order valence-corrected chi connectivity index (χ0v) is 13.0. The first-order valence-corrected chi connectivity index (χ1v) is 7.29. The molecule has 0 radical (unpaired) electrons. The number of hydrogen-bond acceptors (Lipinski definition) is 3. The Morgan fingerprint density at radius 2 is 2.25 bits per heavy atom. The minimum absolute atomic E-state index is 0.00119. The van der Waals surface area contributed by atoms with Crippen LogP contribution in [-0.2, 0) is 11.2 Å². The van der Waals surface area contributed by atoms with E-state index < -0.39 is 0 Å². The summed E-state index contributed by atoms with van der Waals surface area (Å²) in [6.45, 7) is 0. The molecule has 3 rings (SSSR count). The molecule has 1 aromatic heterocycles. The summed E-state index contributed by atoms with van der Waals surface area (Å²) in [7, 11) is 1.86. The van der Waals surface area contributed by atoms with Crippen molar-refractivity contribution in [2.45, 2.75) is 12.5 Å². The maximum absolute atomic E-state index is 11.5. The van der Waals surface area contributed by atoms with E-state index in [4.69, 9.17) is 16.0 Å². The highest BCUT2D eigenvalue weighted by Crippen LogP contribution is 2.37. The van der Waals surface area contributed by atoms with Gasteiger partial charge in [-0.15, -0.1) is 0 Å². The van der Waals surface area contributed by atoms with Crippen LogP contribution >= 0.6 is 27.5 Å². The van der Waals surface area contributed by atoms with Gasteiger partial charge in [0.2, 0.25) is 5.91 Å². The minimum atomic E-state index is -0.100. The molecule has 0 aliphatic carbocycles. The summed E-state index contributed by atoms with van der Waals surface area (Å²) >= 11 is 9.75. The van der Waals surface area contributed by atoms with Crippen LogP contribution in [-0.4, -0.2) is 13.0 Å². The number of carbonyl (C=O) groups excluding carboxylic acids is 1. The Kier molecular flexibility index (Phi) is 3.58. The van der Waals surface area contributed by atoms with Crippen molar-refractivity contribution in [2.75, 3.05) is 12.4 Å². The lowest BCUT2D eigenvalue weighted by molar-refractivity contribution is -0.115. The normalized spacial score (nSPS) is 15.1. The Morgan fingerprint density at radius 1 is 1.45 bits per heavy atom. The summed E-state index contributed by atoms with van der Waals surface area (Å²) in [5.74, 6) is -0.00119. The zero-order valence-electron chi connectivity index (χ0n) is 10.7. The van der Waals surface area contributed by atoms with Crippen LogP contribution in [0.15, 0.2) is 33.5 Å². The fourth-order valence-corrected chi connectivity index (χ4v) is 3.22. The number of rotatable bonds is 3. The van der Waals surface area contributed by atoms with Crippen LogP contribution in [0.3, 0.4) is 0 Å². The van der Waals surface area contributed by atoms with Gasteiger partial charge in [-0.3, -0.25) is 4.79 Å². The van der Waals surface area contributed by atoms with Crippen molar-refractivity contribution in [3.8, 4) is 0 Å². The second-order valence-electron chi connectivity index (χ2n) is 4.63. The maximum Gasteiger partial charge on any atom is 0.228 e. The van der Waals surface area contributed by atoms with Gasteiger partial charge in [0.05, 0.1) is 18.7 Å². The summed E-state index contributed by atoms with van der Waals surface area (Å²) < 4.78 is 5.95. The summed E-state index contributed by atoms with van der Waals surface area (Å²) in [5, 5.41) is 6.63. The number of halogens is 2. The molecule has 4 nitrogen and oxygen atoms in total. The van der Waals surface area contributed by atoms with E-state index in [0.29, 0.717) is 16.1 Å². The van der Waals surface area contributed by atoms with Crippen LogP contribution in [0.1, 0.15) is 22.7 Å². The third kappa shape index (κ3) is 2.26. The molecule has 0 bridgehead atoms. The lowest BCUT2D eigenvalue weighted by Crippen LogP contribution is -2.18. The number of nitrogens with one attached hydrogen (secondary N) is 2. The van der Waals surface area contributed by atoms with E-state index in [9.17, 15) is 4.79 Å². The standard InChI is InChI=1S/C14H12BrClN2O2/c1-17-13(8-2-3-20-14(8)15)9-4-7-5-12(19)18-11(7)6-10(9)16/h2-4,6,13,17H,5H2,1H3,(H,18,19). The molecule has 2 heterocycles. The monoisotopic (exact) mass is 354 g/mol. The molecule has 1 aliphatic heterocycles. The summed E-state index contributed by atoms with van der Waals surface area (Å²) in [6.07, 6.45) is 2.01. The molecular weight excluding hydrogens is 344 g/mol. The van der Waals surface area contributed by atoms with Crippen molar-refractivity contribution < 1.29 is 9.21 Å². The highest BCUT2D eigenvalue weighted by atomic mass is 79.9. The fourth-order valence-electron chi connectivity index (χ4n) is 2.48. The fraction of sp³-hybridized carbons (Fsp3) is 0.214. The second-order valence-corrected chi connectivity index (χ2v) is 5.75. The Bertz CT molecular complexity index is 684. The van der Waals surface area contributed by atoms with Crippen molar-refractivity contribution in [1.29, 1.82) is 0 Å². The molecule has 1 aliphatic rings. The Balaban J connectivity index is 2.07. The Morgan fingerprint density at radius 3 is 2.90 bits per heavy atom. The SMILES string of the molecule is CNC(c1cc2c(cc1Cl)NC(=O)C2)c1ccoc1Br. The maximum atomic E-state index is 11.5. The molecule has 0 spiro atoms. The van der Waals surface area contributed by atoms with Gasteiger partial charge in [0.1, 0.15) is 0 Å². The third-order valence-electron chi connectivity index (χ3n) is 3.40. The van der Waals surface area contributed by atoms with Crippen molar-refractivity contribution in [2.24, 2.45) is 0 Å². The van der Waals surface area contributed by atoms with Crippen LogP contribution in [0, 0.1) is 0 Å². The number of carbonyl (C=O) groups is 1. The van der Waals surface area contributed by atoms with E-state index in [2.05, 4.69) is 26.6 Å². The van der Waals surface area contributed by atoms with Gasteiger partial charge < -0.3 is 15.1 Å². The minimum Gasteiger partial charge on any atom is -0.457 e. The Hall–Kier alpha value is -1.30. The first kappa shape index (κ1) is 13.7. The molecular formula is C14H12BrClN2O2. The molecule has 1 amide bonds. The van der Waals surface area contributed by atoms with Gasteiger partial charge in [0.15, 0.2) is 4.67 Å². The van der Waals surface area contributed by atoms with Crippen LogP contribution in [0.4, 0.5) is 5.69 Å². The molecule has 0 fully saturated rings. The lowest BCUT2D eigenvalue weighted by atomic mass is 9.98. The van der Waals surface area contributed by atoms with Gasteiger partial charge in [0.25, 0.3) is 0 Å². The summed E-state index contributed by atoms with van der Waals surface area (Å²) in [5.41, 5.74) is 3.65. The summed E-state index contributed by atoms with van der Waals surface area (Å²) in [4.78, 5) is 11.5. The first-order chi connectivity index (χ1) is 9.60. The highest BCUT2D eigenvalue weighted by molar-refractivity contribution is 9.10. The van der Waals surface area contributed by atoms with E-state index in [1.807, 2.05) is 19.2 Å². The van der Waals surface area contributed by atoms with E-state index >= 15 is 0 Å². The number of amides is 1. The second kappa shape index (κ2) is 5.24. The highest BCUT2D eigenvalue weighted by Gasteiger charge is 2.24. The molecule has 6 heteroatoms. The van der Waals surface area contributed by atoms with Crippen LogP contribution < -0.4 is 10.6 Å². The van der Waals surface area contributed by atoms with Gasteiger partial charge in [0, 0.05) is 16.3 Å². The molecule has 0 saturated carbocycles. The van der Waals surface area contributed by atoms with Crippen LogP contribution in [0.25, 0.3) is 0 Å². The zero-order chi connectivity index (χ0) is 14.3. The van der Waals surface area contributed by atoms with E-state index in [0.717, 1.165) is 22.4 Å². The predicted molar refractivity (Wildman–Crippen MR) is 81.1 cm³/mol. The molecule has 1 unspecified atom stereocenters. The van der Waals surface area contributed by atoms with Gasteiger partial charge in [-0.05, 0) is 52.3 Å². The topological polar surface area (TPSA) is 54.3 Å². The van der Waals surface area contributed by atoms with E-state index in [1.165, 1.54) is 0 Å². The average molecular weight is 356 g/mol. The van der Waals surface area contributed by atoms with E-state index in [-0.39, 0.29) is 11.9 Å². The number of anilines is 1. The number of benzene rings is 1. The van der Waals surface area contributed by atoms with Crippen molar-refractivity contribution in [1.82, 2.24) is 5.32 Å². The average Bonchev–Trinajstić information content (AvgIpc) is 2.96. The number of fused-ring (bicyclic) bond motifs is 1. The van der Waals surface area contributed by atoms with Crippen molar-refractivity contribution in [3.05, 3.63) is 50.8 Å². The van der Waals surface area contributed by atoms with Crippen LogP contribution in [0.2, 0.25) is 5.02 Å². The molecule has 1 aromatic carbocycles. The third-order valence-corrected chi connectivity index (χ3v) is 4.38. The molecule has 104 valence electrons. The van der Waals surface area contributed by atoms with E-state index in [1.54, 1.807) is 12.3 Å². The van der Waals surface area contributed by atoms with Gasteiger partial charge in [-0.1, -0.05) is 11.6 Å². The van der Waals surface area contributed by atoms with Crippen molar-refractivity contribution >= 4 is 39.1 Å². The summed E-state index contributed by atoms with van der Waals surface area (Å²) in [6, 6.07) is 5.56. The molecule has 20 heavy (non-hydrogen) atoms. The van der Waals surface area contributed by atoms with Crippen LogP contribution in [0.5, 0.6) is 0 Å². The smallest absolute Gasteiger partial charge is 0.228 e. The van der Waals surface area contributed by atoms with Gasteiger partial charge in [-0.25, -0.2) is 0 Å². The molecule has 2 N–H and O–H groups in total. The molecule has 1 atom stereocenters. The number of furan rings is 1. The van der Waals surface area contributed by atoms with Gasteiger partial charge >= 0.3 is 0 Å². The Labute approximate surface area is 129 Å². The lowest BCUT2D eigenvalue weighted by Gasteiger charge is -2.18. The largest absolute Gasteiger partial charge is 0.457 e. The molecule has 0 saturated heterocycles. The first-order valence-electron chi connectivity index (χ1n) is 6.12. The molecule has 2 aromatic rings. The predicted octanol–water partition coefficient (Wildman–Crippen LogP) is 3.50. The van der Waals surface area contributed by atoms with Gasteiger partial charge in [-0.2, -0.15) is 0 Å².